The topological polar surface area (TPSA) is 54.9 Å². The SMILES string of the molecule is CSc1nnc(SC(C)C(=O)NC(C)c2ccc(F)cc2)s1. The Hall–Kier alpha value is -1.12. The number of aromatic nitrogens is 2. The van der Waals surface area contributed by atoms with Gasteiger partial charge in [0, 0.05) is 0 Å². The molecule has 1 N–H and O–H groups in total. The molecule has 2 atom stereocenters. The Morgan fingerprint density at radius 1 is 1.23 bits per heavy atom. The van der Waals surface area contributed by atoms with Gasteiger partial charge in [0.05, 0.1) is 11.3 Å². The normalized spacial score (nSPS) is 13.6. The largest absolute Gasteiger partial charge is 0.349 e. The van der Waals surface area contributed by atoms with Crippen molar-refractivity contribution in [3.05, 3.63) is 35.6 Å². The lowest BCUT2D eigenvalue weighted by Gasteiger charge is -2.17. The molecule has 2 aromatic rings. The van der Waals surface area contributed by atoms with Gasteiger partial charge in [-0.05, 0) is 37.8 Å². The summed E-state index contributed by atoms with van der Waals surface area (Å²) in [6.45, 7) is 3.71. The zero-order chi connectivity index (χ0) is 16.1. The zero-order valence-electron chi connectivity index (χ0n) is 12.4. The number of amides is 1. The summed E-state index contributed by atoms with van der Waals surface area (Å²) in [6.07, 6.45) is 1.94. The third-order valence-corrected chi connectivity index (χ3v) is 6.02. The van der Waals surface area contributed by atoms with Gasteiger partial charge in [-0.25, -0.2) is 4.39 Å². The molecule has 0 saturated heterocycles. The summed E-state index contributed by atoms with van der Waals surface area (Å²) in [6, 6.07) is 5.96. The number of nitrogens with zero attached hydrogens (tertiary/aromatic N) is 2. The molecule has 2 rings (SSSR count). The van der Waals surface area contributed by atoms with E-state index in [1.165, 1.54) is 47.0 Å². The van der Waals surface area contributed by atoms with Crippen molar-refractivity contribution < 1.29 is 9.18 Å². The molecule has 0 spiro atoms. The summed E-state index contributed by atoms with van der Waals surface area (Å²) in [4.78, 5) is 12.2. The van der Waals surface area contributed by atoms with Gasteiger partial charge in [0.2, 0.25) is 5.91 Å². The van der Waals surface area contributed by atoms with Crippen molar-refractivity contribution in [2.45, 2.75) is 33.8 Å². The number of benzene rings is 1. The van der Waals surface area contributed by atoms with Crippen molar-refractivity contribution in [3.8, 4) is 0 Å². The molecule has 0 bridgehead atoms. The smallest absolute Gasteiger partial charge is 0.233 e. The van der Waals surface area contributed by atoms with Crippen LogP contribution in [0.2, 0.25) is 0 Å². The van der Waals surface area contributed by atoms with Crippen molar-refractivity contribution in [3.63, 3.8) is 0 Å². The minimum atomic E-state index is -0.285. The lowest BCUT2D eigenvalue weighted by molar-refractivity contribution is -0.120. The molecular weight excluding hydrogens is 341 g/mol. The fraction of sp³-hybridized carbons (Fsp3) is 0.357. The van der Waals surface area contributed by atoms with E-state index in [9.17, 15) is 9.18 Å². The van der Waals surface area contributed by atoms with Gasteiger partial charge in [-0.3, -0.25) is 4.79 Å². The van der Waals surface area contributed by atoms with Crippen molar-refractivity contribution >= 4 is 40.8 Å². The lowest BCUT2D eigenvalue weighted by atomic mass is 10.1. The molecule has 1 amide bonds. The van der Waals surface area contributed by atoms with Crippen LogP contribution in [0.15, 0.2) is 32.9 Å². The quantitative estimate of drug-likeness (QED) is 0.798. The second-order valence-electron chi connectivity index (χ2n) is 4.58. The minimum Gasteiger partial charge on any atom is -0.349 e. The average molecular weight is 358 g/mol. The average Bonchev–Trinajstić information content (AvgIpc) is 2.95. The van der Waals surface area contributed by atoms with Crippen LogP contribution < -0.4 is 5.32 Å². The van der Waals surface area contributed by atoms with Crippen molar-refractivity contribution in [2.24, 2.45) is 0 Å². The highest BCUT2D eigenvalue weighted by atomic mass is 32.2. The van der Waals surface area contributed by atoms with Crippen molar-refractivity contribution in [2.75, 3.05) is 6.26 Å². The van der Waals surface area contributed by atoms with Gasteiger partial charge in [0.25, 0.3) is 0 Å². The van der Waals surface area contributed by atoms with Crippen LogP contribution in [0.1, 0.15) is 25.5 Å². The number of nitrogens with one attached hydrogen (secondary N) is 1. The molecule has 118 valence electrons. The maximum atomic E-state index is 12.9. The fourth-order valence-electron chi connectivity index (χ4n) is 1.70. The van der Waals surface area contributed by atoms with E-state index in [0.29, 0.717) is 0 Å². The number of thioether (sulfide) groups is 2. The van der Waals surface area contributed by atoms with E-state index in [1.807, 2.05) is 20.1 Å². The Kier molecular flexibility index (Phi) is 6.22. The van der Waals surface area contributed by atoms with E-state index < -0.39 is 0 Å². The second-order valence-corrected chi connectivity index (χ2v) is 8.20. The maximum Gasteiger partial charge on any atom is 0.233 e. The monoisotopic (exact) mass is 357 g/mol. The Morgan fingerprint density at radius 3 is 2.45 bits per heavy atom. The number of carbonyl (C=O) groups is 1. The van der Waals surface area contributed by atoms with Gasteiger partial charge in [-0.1, -0.05) is 47.0 Å². The molecular formula is C14H16FN3OS3. The number of carbonyl (C=O) groups excluding carboxylic acids is 1. The van der Waals surface area contributed by atoms with Crippen LogP contribution in [0.5, 0.6) is 0 Å². The Labute approximate surface area is 141 Å². The van der Waals surface area contributed by atoms with E-state index >= 15 is 0 Å². The summed E-state index contributed by atoms with van der Waals surface area (Å²) in [7, 11) is 0. The Bertz CT molecular complexity index is 633. The van der Waals surface area contributed by atoms with Crippen LogP contribution in [-0.4, -0.2) is 27.6 Å². The third-order valence-electron chi connectivity index (χ3n) is 2.94. The van der Waals surface area contributed by atoms with Crippen molar-refractivity contribution in [1.82, 2.24) is 15.5 Å². The van der Waals surface area contributed by atoms with Crippen LogP contribution in [0.25, 0.3) is 0 Å². The Balaban J connectivity index is 1.91. The summed E-state index contributed by atoms with van der Waals surface area (Å²) >= 11 is 4.40. The molecule has 1 aromatic heterocycles. The first kappa shape index (κ1) is 17.2. The first-order valence-corrected chi connectivity index (χ1v) is 9.51. The highest BCUT2D eigenvalue weighted by molar-refractivity contribution is 8.03. The standard InChI is InChI=1S/C14H16FN3OS3/c1-8(10-4-6-11(15)7-5-10)16-12(19)9(2)21-14-18-17-13(20-3)22-14/h4-9H,1-3H3,(H,16,19). The van der Waals surface area contributed by atoms with Gasteiger partial charge >= 0.3 is 0 Å². The molecule has 0 fully saturated rings. The minimum absolute atomic E-state index is 0.0808. The Morgan fingerprint density at radius 2 is 1.86 bits per heavy atom. The van der Waals surface area contributed by atoms with Gasteiger partial charge in [-0.2, -0.15) is 0 Å². The molecule has 22 heavy (non-hydrogen) atoms. The van der Waals surface area contributed by atoms with Crippen LogP contribution in [-0.2, 0) is 4.79 Å². The van der Waals surface area contributed by atoms with Crippen molar-refractivity contribution in [1.29, 1.82) is 0 Å². The first-order chi connectivity index (χ1) is 10.5. The van der Waals surface area contributed by atoms with E-state index in [4.69, 9.17) is 0 Å². The van der Waals surface area contributed by atoms with E-state index in [2.05, 4.69) is 15.5 Å². The van der Waals surface area contributed by atoms with Gasteiger partial charge in [0.15, 0.2) is 8.68 Å². The number of rotatable bonds is 6. The highest BCUT2D eigenvalue weighted by Crippen LogP contribution is 2.30. The molecule has 0 aliphatic carbocycles. The number of halogens is 1. The number of hydrogen-bond acceptors (Lipinski definition) is 6. The summed E-state index contributed by atoms with van der Waals surface area (Å²) in [5.41, 5.74) is 0.868. The number of hydrogen-bond donors (Lipinski definition) is 1. The molecule has 4 nitrogen and oxygen atoms in total. The van der Waals surface area contributed by atoms with Crippen LogP contribution in [0.4, 0.5) is 4.39 Å². The fourth-order valence-corrected chi connectivity index (χ4v) is 4.29. The highest BCUT2D eigenvalue weighted by Gasteiger charge is 2.19. The molecule has 0 aliphatic rings. The van der Waals surface area contributed by atoms with E-state index in [1.54, 1.807) is 12.1 Å². The molecule has 0 radical (unpaired) electrons. The zero-order valence-corrected chi connectivity index (χ0v) is 14.8. The molecule has 1 aromatic carbocycles. The molecule has 0 saturated carbocycles. The summed E-state index contributed by atoms with van der Waals surface area (Å²) < 4.78 is 14.6. The molecule has 2 unspecified atom stereocenters. The lowest BCUT2D eigenvalue weighted by Crippen LogP contribution is -2.33. The predicted octanol–water partition coefficient (Wildman–Crippen LogP) is 3.76. The second kappa shape index (κ2) is 7.94. The van der Waals surface area contributed by atoms with Gasteiger partial charge in [0.1, 0.15) is 5.82 Å². The van der Waals surface area contributed by atoms with Crippen LogP contribution >= 0.6 is 34.9 Å². The third kappa shape index (κ3) is 4.69. The van der Waals surface area contributed by atoms with E-state index in [-0.39, 0.29) is 23.0 Å². The van der Waals surface area contributed by atoms with E-state index in [0.717, 1.165) is 14.2 Å². The molecule has 8 heteroatoms. The summed E-state index contributed by atoms with van der Waals surface area (Å²) in [5, 5.41) is 10.7. The summed E-state index contributed by atoms with van der Waals surface area (Å²) in [5.74, 6) is -0.366. The van der Waals surface area contributed by atoms with Gasteiger partial charge < -0.3 is 5.32 Å². The first-order valence-electron chi connectivity index (χ1n) is 6.59. The van der Waals surface area contributed by atoms with Gasteiger partial charge in [-0.15, -0.1) is 10.2 Å². The van der Waals surface area contributed by atoms with Crippen LogP contribution in [0.3, 0.4) is 0 Å². The maximum absolute atomic E-state index is 12.9. The molecule has 1 heterocycles. The van der Waals surface area contributed by atoms with Crippen LogP contribution in [0, 0.1) is 5.82 Å². The molecule has 0 aliphatic heterocycles. The predicted molar refractivity (Wildman–Crippen MR) is 90.0 cm³/mol.